The molecule has 0 aliphatic heterocycles. The molecule has 9 heteroatoms. The van der Waals surface area contributed by atoms with Crippen molar-refractivity contribution >= 4 is 43.9 Å². The monoisotopic (exact) mass is 408 g/mol. The number of benzene rings is 2. The van der Waals surface area contributed by atoms with E-state index in [1.807, 2.05) is 0 Å². The van der Waals surface area contributed by atoms with Crippen LogP contribution in [0.15, 0.2) is 41.3 Å². The van der Waals surface area contributed by atoms with Crippen LogP contribution >= 0.6 is 11.6 Å². The normalized spacial score (nSPS) is 11.7. The van der Waals surface area contributed by atoms with Crippen molar-refractivity contribution in [1.82, 2.24) is 4.98 Å². The fraction of sp³-hybridized carbons (Fsp3) is 0.167. The highest BCUT2D eigenvalue weighted by Crippen LogP contribution is 2.32. The zero-order valence-electron chi connectivity index (χ0n) is 14.3. The predicted molar refractivity (Wildman–Crippen MR) is 103 cm³/mol. The second-order valence-corrected chi connectivity index (χ2v) is 8.62. The molecule has 0 spiro atoms. The summed E-state index contributed by atoms with van der Waals surface area (Å²) in [5, 5.41) is 23.4. The lowest BCUT2D eigenvalue weighted by atomic mass is 10.1. The first-order valence-corrected chi connectivity index (χ1v) is 10.1. The molecule has 3 rings (SSSR count). The third kappa shape index (κ3) is 3.78. The first-order valence-electron chi connectivity index (χ1n) is 8.04. The first-order chi connectivity index (χ1) is 12.7. The van der Waals surface area contributed by atoms with E-state index < -0.39 is 22.4 Å². The van der Waals surface area contributed by atoms with E-state index in [0.717, 1.165) is 5.39 Å². The molecule has 0 aliphatic carbocycles. The zero-order chi connectivity index (χ0) is 19.8. The fourth-order valence-electron chi connectivity index (χ4n) is 2.64. The quantitative estimate of drug-likeness (QED) is 0.483. The second kappa shape index (κ2) is 7.22. The summed E-state index contributed by atoms with van der Waals surface area (Å²) in [6.45, 7) is 0.904. The number of aromatic nitrogens is 1. The number of aromatic amines is 1. The number of hydrogen-bond acceptors (Lipinski definition) is 5. The van der Waals surface area contributed by atoms with Crippen LogP contribution in [0, 0.1) is 0 Å². The Morgan fingerprint density at radius 2 is 1.96 bits per heavy atom. The van der Waals surface area contributed by atoms with Gasteiger partial charge >= 0.3 is 0 Å². The van der Waals surface area contributed by atoms with Gasteiger partial charge in [0.2, 0.25) is 0 Å². The molecule has 1 amide bonds. The van der Waals surface area contributed by atoms with E-state index in [0.29, 0.717) is 10.5 Å². The van der Waals surface area contributed by atoms with Crippen molar-refractivity contribution in [3.05, 3.63) is 52.7 Å². The lowest BCUT2D eigenvalue weighted by Crippen LogP contribution is -2.14. The summed E-state index contributed by atoms with van der Waals surface area (Å²) in [6, 6.07) is 9.05. The predicted octanol–water partition coefficient (Wildman–Crippen LogP) is 3.07. The Morgan fingerprint density at radius 3 is 2.63 bits per heavy atom. The highest BCUT2D eigenvalue weighted by atomic mass is 35.5. The van der Waals surface area contributed by atoms with Gasteiger partial charge in [-0.2, -0.15) is 0 Å². The maximum absolute atomic E-state index is 12.6. The third-order valence-corrected chi connectivity index (χ3v) is 6.10. The molecule has 142 valence electrons. The number of H-pyrrole nitrogens is 1. The Morgan fingerprint density at radius 1 is 1.22 bits per heavy atom. The number of nitrogens with one attached hydrogen (secondary N) is 2. The van der Waals surface area contributed by atoms with Gasteiger partial charge < -0.3 is 20.5 Å². The number of amides is 1. The number of sulfone groups is 1. The van der Waals surface area contributed by atoms with Crippen molar-refractivity contribution in [2.24, 2.45) is 0 Å². The number of hydrogen-bond donors (Lipinski definition) is 4. The number of anilines is 1. The summed E-state index contributed by atoms with van der Waals surface area (Å²) >= 11 is 5.94. The molecule has 0 saturated heterocycles. The number of aromatic hydroxyl groups is 1. The molecule has 1 heterocycles. The smallest absolute Gasteiger partial charge is 0.272 e. The van der Waals surface area contributed by atoms with Crippen LogP contribution < -0.4 is 5.32 Å². The number of aliphatic hydroxyl groups excluding tert-OH is 1. The van der Waals surface area contributed by atoms with E-state index in [1.165, 1.54) is 19.1 Å². The number of phenols is 1. The Balaban J connectivity index is 2.00. The van der Waals surface area contributed by atoms with Crippen LogP contribution in [-0.4, -0.2) is 35.3 Å². The molecule has 0 fully saturated rings. The van der Waals surface area contributed by atoms with Crippen molar-refractivity contribution < 1.29 is 23.4 Å². The SMILES string of the molecule is CCS(=O)(=O)c1cc(CO)c(O)c(NC(=O)c2cc3cc(Cl)ccc3[nH]2)c1. The standard InChI is InChI=1S/C18H17ClN2O5S/c1-2-27(25,26)13-6-11(9-22)17(23)15(8-13)21-18(24)16-7-10-5-12(19)3-4-14(10)20-16/h3-8,20,22-23H,2,9H2,1H3,(H,21,24). The number of carbonyl (C=O) groups excluding carboxylic acids is 1. The molecule has 7 nitrogen and oxygen atoms in total. The average molecular weight is 409 g/mol. The maximum atomic E-state index is 12.6. The lowest BCUT2D eigenvalue weighted by Gasteiger charge is -2.12. The minimum atomic E-state index is -3.59. The van der Waals surface area contributed by atoms with Gasteiger partial charge in [0.25, 0.3) is 5.91 Å². The van der Waals surface area contributed by atoms with Gasteiger partial charge in [-0.25, -0.2) is 8.42 Å². The van der Waals surface area contributed by atoms with Gasteiger partial charge in [-0.05, 0) is 36.4 Å². The summed E-state index contributed by atoms with van der Waals surface area (Å²) in [4.78, 5) is 15.4. The molecule has 0 bridgehead atoms. The van der Waals surface area contributed by atoms with Crippen LogP contribution in [-0.2, 0) is 16.4 Å². The minimum Gasteiger partial charge on any atom is -0.505 e. The first kappa shape index (κ1) is 19.2. The Labute approximate surface area is 160 Å². The largest absolute Gasteiger partial charge is 0.505 e. The number of fused-ring (bicyclic) bond motifs is 1. The summed E-state index contributed by atoms with van der Waals surface area (Å²) in [5.74, 6) is -1.12. The van der Waals surface area contributed by atoms with E-state index in [-0.39, 0.29) is 33.3 Å². The van der Waals surface area contributed by atoms with Gasteiger partial charge in [-0.1, -0.05) is 18.5 Å². The summed E-state index contributed by atoms with van der Waals surface area (Å²) in [6.07, 6.45) is 0. The van der Waals surface area contributed by atoms with Crippen molar-refractivity contribution in [3.8, 4) is 5.75 Å². The van der Waals surface area contributed by atoms with Crippen LogP contribution in [0.25, 0.3) is 10.9 Å². The highest BCUT2D eigenvalue weighted by Gasteiger charge is 2.20. The Bertz CT molecular complexity index is 1140. The number of aliphatic hydroxyl groups is 1. The average Bonchev–Trinajstić information content (AvgIpc) is 3.06. The van der Waals surface area contributed by atoms with Gasteiger partial charge in [-0.3, -0.25) is 4.79 Å². The molecule has 0 saturated carbocycles. The van der Waals surface area contributed by atoms with Crippen molar-refractivity contribution in [2.45, 2.75) is 18.4 Å². The van der Waals surface area contributed by atoms with Crippen LogP contribution in [0.5, 0.6) is 5.75 Å². The van der Waals surface area contributed by atoms with Gasteiger partial charge in [0.05, 0.1) is 22.9 Å². The molecule has 1 aromatic heterocycles. The van der Waals surface area contributed by atoms with Crippen molar-refractivity contribution in [1.29, 1.82) is 0 Å². The molecular weight excluding hydrogens is 392 g/mol. The molecule has 0 aliphatic rings. The van der Waals surface area contributed by atoms with E-state index in [9.17, 15) is 23.4 Å². The summed E-state index contributed by atoms with van der Waals surface area (Å²) < 4.78 is 24.3. The summed E-state index contributed by atoms with van der Waals surface area (Å²) in [5.41, 5.74) is 0.812. The zero-order valence-corrected chi connectivity index (χ0v) is 15.9. The van der Waals surface area contributed by atoms with Gasteiger partial charge in [-0.15, -0.1) is 0 Å². The molecular formula is C18H17ClN2O5S. The molecule has 3 aromatic rings. The minimum absolute atomic E-state index is 0.00301. The summed E-state index contributed by atoms with van der Waals surface area (Å²) in [7, 11) is -3.59. The molecule has 27 heavy (non-hydrogen) atoms. The van der Waals surface area contributed by atoms with Crippen LogP contribution in [0.2, 0.25) is 5.02 Å². The van der Waals surface area contributed by atoms with E-state index >= 15 is 0 Å². The highest BCUT2D eigenvalue weighted by molar-refractivity contribution is 7.91. The fourth-order valence-corrected chi connectivity index (χ4v) is 3.78. The molecule has 0 unspecified atom stereocenters. The third-order valence-electron chi connectivity index (χ3n) is 4.15. The number of carbonyl (C=O) groups is 1. The molecule has 0 atom stereocenters. The molecule has 0 radical (unpaired) electrons. The number of halogens is 1. The van der Waals surface area contributed by atoms with Gasteiger partial charge in [0, 0.05) is 21.5 Å². The topological polar surface area (TPSA) is 119 Å². The Kier molecular flexibility index (Phi) is 5.14. The van der Waals surface area contributed by atoms with Crippen LogP contribution in [0.1, 0.15) is 23.0 Å². The second-order valence-electron chi connectivity index (χ2n) is 5.91. The van der Waals surface area contributed by atoms with Crippen LogP contribution in [0.3, 0.4) is 0 Å². The van der Waals surface area contributed by atoms with Gasteiger partial charge in [0.15, 0.2) is 9.84 Å². The van der Waals surface area contributed by atoms with Crippen molar-refractivity contribution in [3.63, 3.8) is 0 Å². The van der Waals surface area contributed by atoms with E-state index in [1.54, 1.807) is 24.3 Å². The molecule has 4 N–H and O–H groups in total. The number of rotatable bonds is 5. The van der Waals surface area contributed by atoms with Crippen LogP contribution in [0.4, 0.5) is 5.69 Å². The Hall–Kier alpha value is -2.55. The molecule has 2 aromatic carbocycles. The van der Waals surface area contributed by atoms with Gasteiger partial charge in [0.1, 0.15) is 11.4 Å². The lowest BCUT2D eigenvalue weighted by molar-refractivity contribution is 0.102. The van der Waals surface area contributed by atoms with Crippen molar-refractivity contribution in [2.75, 3.05) is 11.1 Å². The maximum Gasteiger partial charge on any atom is 0.272 e. The van der Waals surface area contributed by atoms with E-state index in [4.69, 9.17) is 11.6 Å². The van der Waals surface area contributed by atoms with E-state index in [2.05, 4.69) is 10.3 Å².